The van der Waals surface area contributed by atoms with Crippen LogP contribution >= 0.6 is 12.4 Å². The number of nitrogens with one attached hydrogen (secondary N) is 1. The van der Waals surface area contributed by atoms with Gasteiger partial charge in [-0.3, -0.25) is 4.79 Å². The van der Waals surface area contributed by atoms with Crippen molar-refractivity contribution in [3.05, 3.63) is 11.4 Å². The number of piperidine rings is 1. The largest absolute Gasteiger partial charge is 0.334 e. The fraction of sp³-hybridized carbons (Fsp3) is 0.824. The summed E-state index contributed by atoms with van der Waals surface area (Å²) >= 11 is 0. The number of hydrogen-bond acceptors (Lipinski definition) is 4. The highest BCUT2D eigenvalue weighted by molar-refractivity contribution is 5.93. The molecule has 1 saturated carbocycles. The van der Waals surface area contributed by atoms with Crippen LogP contribution in [0.5, 0.6) is 0 Å². The normalized spacial score (nSPS) is 18.5. The third kappa shape index (κ3) is 4.28. The average molecular weight is 356 g/mol. The van der Waals surface area contributed by atoms with Crippen molar-refractivity contribution in [1.82, 2.24) is 25.2 Å². The maximum absolute atomic E-state index is 13.0. The van der Waals surface area contributed by atoms with Gasteiger partial charge in [0.2, 0.25) is 0 Å². The number of carbonyl (C=O) groups excluding carboxylic acids is 1. The summed E-state index contributed by atoms with van der Waals surface area (Å²) in [6, 6.07) is 0.792. The van der Waals surface area contributed by atoms with E-state index in [1.165, 1.54) is 0 Å². The molecule has 1 amide bonds. The summed E-state index contributed by atoms with van der Waals surface area (Å²) < 4.78 is 1.97. The minimum atomic E-state index is 0. The van der Waals surface area contributed by atoms with Gasteiger partial charge in [-0.1, -0.05) is 19.1 Å². The van der Waals surface area contributed by atoms with Crippen LogP contribution in [0, 0.1) is 12.8 Å². The Hall–Kier alpha value is -1.14. The lowest BCUT2D eigenvalue weighted by molar-refractivity contribution is 0.0728. The van der Waals surface area contributed by atoms with Crippen molar-refractivity contribution >= 4 is 18.3 Å². The highest BCUT2D eigenvalue weighted by Gasteiger charge is 2.35. The van der Waals surface area contributed by atoms with Gasteiger partial charge in [0.1, 0.15) is 0 Å². The highest BCUT2D eigenvalue weighted by Crippen LogP contribution is 2.29. The van der Waals surface area contributed by atoms with Crippen LogP contribution in [0.1, 0.15) is 68.2 Å². The second kappa shape index (κ2) is 8.30. The molecule has 136 valence electrons. The Labute approximate surface area is 150 Å². The van der Waals surface area contributed by atoms with Crippen molar-refractivity contribution in [2.45, 2.75) is 65.0 Å². The molecule has 0 atom stereocenters. The van der Waals surface area contributed by atoms with E-state index in [1.54, 1.807) is 0 Å². The van der Waals surface area contributed by atoms with E-state index in [4.69, 9.17) is 0 Å². The van der Waals surface area contributed by atoms with E-state index >= 15 is 0 Å². The lowest BCUT2D eigenvalue weighted by atomic mass is 10.1. The zero-order valence-corrected chi connectivity index (χ0v) is 15.8. The minimum absolute atomic E-state index is 0. The summed E-state index contributed by atoms with van der Waals surface area (Å²) in [5, 5.41) is 11.9. The molecule has 24 heavy (non-hydrogen) atoms. The number of halogens is 1. The number of nitrogens with zero attached hydrogens (tertiary/aromatic N) is 4. The first-order valence-corrected chi connectivity index (χ1v) is 9.01. The fourth-order valence-electron chi connectivity index (χ4n) is 3.31. The van der Waals surface area contributed by atoms with Gasteiger partial charge >= 0.3 is 0 Å². The van der Waals surface area contributed by atoms with Crippen LogP contribution in [-0.4, -0.2) is 51.5 Å². The summed E-state index contributed by atoms with van der Waals surface area (Å²) in [5.41, 5.74) is 1.48. The van der Waals surface area contributed by atoms with Crippen molar-refractivity contribution in [1.29, 1.82) is 0 Å². The molecule has 0 bridgehead atoms. The van der Waals surface area contributed by atoms with Gasteiger partial charge in [0.05, 0.1) is 11.7 Å². The van der Waals surface area contributed by atoms with E-state index in [9.17, 15) is 4.79 Å². The zero-order chi connectivity index (χ0) is 16.4. The predicted octanol–water partition coefficient (Wildman–Crippen LogP) is 2.58. The third-order valence-electron chi connectivity index (χ3n) is 4.98. The minimum Gasteiger partial charge on any atom is -0.334 e. The molecule has 0 radical (unpaired) electrons. The van der Waals surface area contributed by atoms with Crippen LogP contribution < -0.4 is 5.32 Å². The molecule has 1 N–H and O–H groups in total. The number of hydrogen-bond donors (Lipinski definition) is 1. The number of rotatable bonds is 6. The molecule has 2 aliphatic rings. The third-order valence-corrected chi connectivity index (χ3v) is 4.98. The highest BCUT2D eigenvalue weighted by atomic mass is 35.5. The summed E-state index contributed by atoms with van der Waals surface area (Å²) in [6.07, 6.45) is 5.41. The maximum atomic E-state index is 13.0. The summed E-state index contributed by atoms with van der Waals surface area (Å²) in [7, 11) is 0. The van der Waals surface area contributed by atoms with Crippen molar-refractivity contribution in [2.75, 3.05) is 19.6 Å². The monoisotopic (exact) mass is 355 g/mol. The molecule has 0 unspecified atom stereocenters. The molecule has 6 nitrogen and oxygen atoms in total. The van der Waals surface area contributed by atoms with Crippen LogP contribution in [0.15, 0.2) is 0 Å². The Morgan fingerprint density at radius 3 is 2.54 bits per heavy atom. The van der Waals surface area contributed by atoms with Crippen LogP contribution in [-0.2, 0) is 0 Å². The summed E-state index contributed by atoms with van der Waals surface area (Å²) in [5.74, 6) is 0.682. The lowest BCUT2D eigenvalue weighted by Crippen LogP contribution is -2.35. The number of aromatic nitrogens is 3. The quantitative estimate of drug-likeness (QED) is 0.851. The first-order valence-electron chi connectivity index (χ1n) is 9.01. The Bertz CT molecular complexity index is 549. The van der Waals surface area contributed by atoms with Crippen LogP contribution in [0.3, 0.4) is 0 Å². The van der Waals surface area contributed by atoms with Crippen molar-refractivity contribution in [2.24, 2.45) is 5.92 Å². The van der Waals surface area contributed by atoms with Gasteiger partial charge in [0, 0.05) is 12.6 Å². The molecule has 0 spiro atoms. The average Bonchev–Trinajstić information content (AvgIpc) is 3.30. The molecule has 1 aromatic heterocycles. The van der Waals surface area contributed by atoms with Gasteiger partial charge in [0.25, 0.3) is 5.91 Å². The molecule has 1 aliphatic carbocycles. The molecule has 1 aromatic rings. The number of amides is 1. The van der Waals surface area contributed by atoms with Gasteiger partial charge in [-0.05, 0) is 58.0 Å². The van der Waals surface area contributed by atoms with E-state index in [0.717, 1.165) is 57.4 Å². The molecule has 3 rings (SSSR count). The van der Waals surface area contributed by atoms with Crippen LogP contribution in [0.25, 0.3) is 0 Å². The van der Waals surface area contributed by atoms with Crippen molar-refractivity contribution < 1.29 is 4.79 Å². The maximum Gasteiger partial charge on any atom is 0.276 e. The molecule has 0 aromatic carbocycles. The Morgan fingerprint density at radius 2 is 1.96 bits per heavy atom. The number of carbonyl (C=O) groups is 1. The molecular weight excluding hydrogens is 326 g/mol. The van der Waals surface area contributed by atoms with E-state index in [-0.39, 0.29) is 18.3 Å². The van der Waals surface area contributed by atoms with Crippen LogP contribution in [0.2, 0.25) is 0 Å². The van der Waals surface area contributed by atoms with E-state index in [0.29, 0.717) is 23.7 Å². The second-order valence-electron chi connectivity index (χ2n) is 7.36. The Morgan fingerprint density at radius 1 is 1.29 bits per heavy atom. The van der Waals surface area contributed by atoms with Gasteiger partial charge < -0.3 is 10.2 Å². The lowest BCUT2D eigenvalue weighted by Gasteiger charge is -2.24. The summed E-state index contributed by atoms with van der Waals surface area (Å²) in [6.45, 7) is 9.25. The van der Waals surface area contributed by atoms with Gasteiger partial charge in [-0.15, -0.1) is 17.5 Å². The zero-order valence-electron chi connectivity index (χ0n) is 15.0. The standard InChI is InChI=1S/C17H29N5O.ClH/c1-12(2)8-11-21(14-4-5-14)17(23)16-13(3)22(20-19-16)15-6-9-18-10-7-15;/h12,14-15,18H,4-11H2,1-3H3;1H. The SMILES string of the molecule is Cc1c(C(=O)N(CCC(C)C)C2CC2)nnn1C1CCNCC1.Cl. The Balaban J connectivity index is 0.00000208. The predicted molar refractivity (Wildman–Crippen MR) is 96.7 cm³/mol. The molecule has 7 heteroatoms. The molecule has 2 fully saturated rings. The molecule has 1 aliphatic heterocycles. The van der Waals surface area contributed by atoms with Crippen LogP contribution in [0.4, 0.5) is 0 Å². The van der Waals surface area contributed by atoms with E-state index in [2.05, 4.69) is 29.5 Å². The molecule has 2 heterocycles. The smallest absolute Gasteiger partial charge is 0.276 e. The van der Waals surface area contributed by atoms with E-state index in [1.807, 2.05) is 16.5 Å². The Kier molecular flexibility index (Phi) is 6.63. The van der Waals surface area contributed by atoms with E-state index < -0.39 is 0 Å². The molecule has 1 saturated heterocycles. The topological polar surface area (TPSA) is 63.1 Å². The first kappa shape index (κ1) is 19.2. The fourth-order valence-corrected chi connectivity index (χ4v) is 3.31. The van der Waals surface area contributed by atoms with Gasteiger partial charge in [0.15, 0.2) is 5.69 Å². The van der Waals surface area contributed by atoms with Gasteiger partial charge in [-0.25, -0.2) is 4.68 Å². The first-order chi connectivity index (χ1) is 11.1. The summed E-state index contributed by atoms with van der Waals surface area (Å²) in [4.78, 5) is 15.0. The van der Waals surface area contributed by atoms with Gasteiger partial charge in [-0.2, -0.15) is 0 Å². The second-order valence-corrected chi connectivity index (χ2v) is 7.36. The van der Waals surface area contributed by atoms with Crippen molar-refractivity contribution in [3.63, 3.8) is 0 Å². The van der Waals surface area contributed by atoms with Crippen molar-refractivity contribution in [3.8, 4) is 0 Å². The molecular formula is C17H30ClN5O.